The Morgan fingerprint density at radius 3 is 2.68 bits per heavy atom. The van der Waals surface area contributed by atoms with Gasteiger partial charge in [0.05, 0.1) is 13.2 Å². The first kappa shape index (κ1) is 16.6. The summed E-state index contributed by atoms with van der Waals surface area (Å²) in [5, 5.41) is 20.8. The number of thioether (sulfide) groups is 1. The number of hydrogen-bond acceptors (Lipinski definition) is 8. The van der Waals surface area contributed by atoms with Crippen molar-refractivity contribution in [1.82, 2.24) is 14.9 Å². The lowest BCUT2D eigenvalue weighted by atomic mass is 10.2. The Balaban J connectivity index is 1.72. The van der Waals surface area contributed by atoms with Crippen LogP contribution in [0.2, 0.25) is 0 Å². The average Bonchev–Trinajstić information content (AvgIpc) is 3.23. The fourth-order valence-electron chi connectivity index (χ4n) is 1.99. The lowest BCUT2D eigenvalue weighted by Crippen LogP contribution is -2.11. The van der Waals surface area contributed by atoms with Crippen molar-refractivity contribution in [2.24, 2.45) is 0 Å². The van der Waals surface area contributed by atoms with E-state index in [4.69, 9.17) is 15.0 Å². The van der Waals surface area contributed by atoms with Gasteiger partial charge in [-0.15, -0.1) is 10.2 Å². The molecule has 2 heterocycles. The van der Waals surface area contributed by atoms with E-state index < -0.39 is 4.92 Å². The Bertz CT molecular complexity index is 916. The van der Waals surface area contributed by atoms with Gasteiger partial charge in [0, 0.05) is 5.56 Å². The summed E-state index contributed by atoms with van der Waals surface area (Å²) >= 11 is 1.21. The zero-order valence-electron chi connectivity index (χ0n) is 13.0. The van der Waals surface area contributed by atoms with Gasteiger partial charge in [0.25, 0.3) is 0 Å². The van der Waals surface area contributed by atoms with Crippen LogP contribution in [0.25, 0.3) is 17.5 Å². The van der Waals surface area contributed by atoms with Crippen LogP contribution < -0.4 is 10.6 Å². The first-order valence-electron chi connectivity index (χ1n) is 7.01. The second kappa shape index (κ2) is 7.09. The van der Waals surface area contributed by atoms with Crippen LogP contribution >= 0.6 is 11.8 Å². The normalized spacial score (nSPS) is 11.1. The summed E-state index contributed by atoms with van der Waals surface area (Å²) in [7, 11) is 1.59. The molecule has 0 aliphatic heterocycles. The number of aromatic nitrogens is 3. The maximum Gasteiger partial charge on any atom is 0.433 e. The predicted molar refractivity (Wildman–Crippen MR) is 92.4 cm³/mol. The first-order chi connectivity index (χ1) is 12.1. The number of rotatable bonds is 6. The SMILES string of the molecule is COc1ccc(-c2nnc(S/C=C/c3ccc([N+](=O)[O-])o3)n2N)cc1. The molecule has 2 aromatic heterocycles. The molecule has 1 aromatic carbocycles. The minimum absolute atomic E-state index is 0.312. The van der Waals surface area contributed by atoms with Crippen molar-refractivity contribution in [3.8, 4) is 17.1 Å². The van der Waals surface area contributed by atoms with Crippen molar-refractivity contribution in [1.29, 1.82) is 0 Å². The van der Waals surface area contributed by atoms with Gasteiger partial charge in [-0.1, -0.05) is 11.8 Å². The van der Waals surface area contributed by atoms with E-state index in [1.54, 1.807) is 30.7 Å². The second-order valence-corrected chi connectivity index (χ2v) is 5.63. The zero-order chi connectivity index (χ0) is 17.8. The summed E-state index contributed by atoms with van der Waals surface area (Å²) in [6.45, 7) is 0. The fourth-order valence-corrected chi connectivity index (χ4v) is 2.60. The van der Waals surface area contributed by atoms with Gasteiger partial charge in [-0.3, -0.25) is 10.1 Å². The number of nitrogen functional groups attached to an aromatic ring is 1. The van der Waals surface area contributed by atoms with E-state index in [1.807, 2.05) is 12.1 Å². The lowest BCUT2D eigenvalue weighted by Gasteiger charge is -2.03. The van der Waals surface area contributed by atoms with Gasteiger partial charge in [-0.2, -0.15) is 0 Å². The van der Waals surface area contributed by atoms with Gasteiger partial charge in [0.2, 0.25) is 5.16 Å². The highest BCUT2D eigenvalue weighted by molar-refractivity contribution is 8.02. The third-order valence-corrected chi connectivity index (χ3v) is 3.97. The van der Waals surface area contributed by atoms with Gasteiger partial charge >= 0.3 is 5.88 Å². The summed E-state index contributed by atoms with van der Waals surface area (Å²) in [4.78, 5) is 9.97. The third kappa shape index (κ3) is 3.63. The Morgan fingerprint density at radius 2 is 2.04 bits per heavy atom. The van der Waals surface area contributed by atoms with Crippen LogP contribution in [0, 0.1) is 10.1 Å². The minimum atomic E-state index is -0.595. The molecule has 0 radical (unpaired) electrons. The monoisotopic (exact) mass is 359 g/mol. The van der Waals surface area contributed by atoms with Crippen LogP contribution in [0.15, 0.2) is 51.4 Å². The molecular formula is C15H13N5O4S. The number of nitrogens with two attached hydrogens (primary N) is 1. The molecule has 2 N–H and O–H groups in total. The van der Waals surface area contributed by atoms with Crippen molar-refractivity contribution >= 4 is 23.7 Å². The standard InChI is InChI=1S/C15H13N5O4S/c1-23-11-4-2-10(3-5-11)14-17-18-15(19(14)16)25-9-8-12-6-7-13(24-12)20(21)22/h2-9H,16H2,1H3/b9-8+. The number of furan rings is 1. The molecule has 0 saturated carbocycles. The molecule has 0 unspecified atom stereocenters. The van der Waals surface area contributed by atoms with E-state index in [1.165, 1.54) is 28.6 Å². The highest BCUT2D eigenvalue weighted by Gasteiger charge is 2.12. The Morgan fingerprint density at radius 1 is 1.28 bits per heavy atom. The number of nitro groups is 1. The van der Waals surface area contributed by atoms with Crippen molar-refractivity contribution in [2.45, 2.75) is 5.16 Å². The molecule has 25 heavy (non-hydrogen) atoms. The molecule has 0 spiro atoms. The molecule has 9 nitrogen and oxygen atoms in total. The van der Waals surface area contributed by atoms with Crippen molar-refractivity contribution < 1.29 is 14.1 Å². The summed E-state index contributed by atoms with van der Waals surface area (Å²) in [6.07, 6.45) is 1.58. The molecule has 0 atom stereocenters. The first-order valence-corrected chi connectivity index (χ1v) is 7.89. The maximum atomic E-state index is 10.6. The Kier molecular flexibility index (Phi) is 4.70. The van der Waals surface area contributed by atoms with Crippen LogP contribution in [0.3, 0.4) is 0 Å². The largest absolute Gasteiger partial charge is 0.497 e. The molecule has 0 aliphatic rings. The second-order valence-electron chi connectivity index (χ2n) is 4.76. The molecule has 0 aliphatic carbocycles. The van der Waals surface area contributed by atoms with Crippen LogP contribution in [0.4, 0.5) is 5.88 Å². The van der Waals surface area contributed by atoms with Crippen molar-refractivity contribution in [2.75, 3.05) is 13.0 Å². The molecule has 0 bridgehead atoms. The van der Waals surface area contributed by atoms with Crippen LogP contribution in [0.1, 0.15) is 5.76 Å². The Labute approximate surface area is 146 Å². The van der Waals surface area contributed by atoms with Crippen LogP contribution in [0.5, 0.6) is 5.75 Å². The molecule has 0 amide bonds. The van der Waals surface area contributed by atoms with Gasteiger partial charge in [-0.05, 0) is 41.8 Å². The lowest BCUT2D eigenvalue weighted by molar-refractivity contribution is -0.402. The van der Waals surface area contributed by atoms with Gasteiger partial charge < -0.3 is 15.0 Å². The molecule has 128 valence electrons. The average molecular weight is 359 g/mol. The van der Waals surface area contributed by atoms with E-state index in [9.17, 15) is 10.1 Å². The highest BCUT2D eigenvalue weighted by Crippen LogP contribution is 2.25. The van der Waals surface area contributed by atoms with E-state index in [0.29, 0.717) is 16.7 Å². The van der Waals surface area contributed by atoms with Crippen LogP contribution in [-0.4, -0.2) is 26.9 Å². The van der Waals surface area contributed by atoms with Crippen molar-refractivity contribution in [3.05, 3.63) is 57.7 Å². The highest BCUT2D eigenvalue weighted by atomic mass is 32.2. The summed E-state index contributed by atoms with van der Waals surface area (Å²) in [5.41, 5.74) is 0.799. The van der Waals surface area contributed by atoms with E-state index in [-0.39, 0.29) is 5.88 Å². The number of ether oxygens (including phenoxy) is 1. The topological polar surface area (TPSA) is 122 Å². The molecule has 3 aromatic rings. The van der Waals surface area contributed by atoms with E-state index in [0.717, 1.165) is 11.3 Å². The van der Waals surface area contributed by atoms with Gasteiger partial charge in [0.1, 0.15) is 16.4 Å². The third-order valence-electron chi connectivity index (χ3n) is 3.21. The summed E-state index contributed by atoms with van der Waals surface area (Å²) < 4.78 is 11.5. The number of hydrogen-bond donors (Lipinski definition) is 1. The molecule has 0 saturated heterocycles. The van der Waals surface area contributed by atoms with Crippen molar-refractivity contribution in [3.63, 3.8) is 0 Å². The minimum Gasteiger partial charge on any atom is -0.497 e. The van der Waals surface area contributed by atoms with Gasteiger partial charge in [0.15, 0.2) is 5.82 Å². The molecule has 3 rings (SSSR count). The molecular weight excluding hydrogens is 346 g/mol. The fraction of sp³-hybridized carbons (Fsp3) is 0.0667. The zero-order valence-corrected chi connectivity index (χ0v) is 13.8. The number of benzene rings is 1. The van der Waals surface area contributed by atoms with Gasteiger partial charge in [-0.25, -0.2) is 4.68 Å². The summed E-state index contributed by atoms with van der Waals surface area (Å²) in [5.74, 6) is 7.31. The van der Waals surface area contributed by atoms with E-state index in [2.05, 4.69) is 10.2 Å². The van der Waals surface area contributed by atoms with Crippen LogP contribution in [-0.2, 0) is 0 Å². The maximum absolute atomic E-state index is 10.6. The predicted octanol–water partition coefficient (Wildman–Crippen LogP) is 2.93. The Hall–Kier alpha value is -3.27. The number of nitrogens with zero attached hydrogens (tertiary/aromatic N) is 4. The molecule has 10 heteroatoms. The smallest absolute Gasteiger partial charge is 0.433 e. The van der Waals surface area contributed by atoms with E-state index >= 15 is 0 Å². The quantitative estimate of drug-likeness (QED) is 0.308. The number of methoxy groups -OCH3 is 1. The summed E-state index contributed by atoms with van der Waals surface area (Å²) in [6, 6.07) is 10.1. The molecule has 0 fully saturated rings.